The highest BCUT2D eigenvalue weighted by molar-refractivity contribution is 5.95. The van der Waals surface area contributed by atoms with Gasteiger partial charge in [-0.1, -0.05) is 55.5 Å². The Morgan fingerprint density at radius 2 is 1.63 bits per heavy atom. The van der Waals surface area contributed by atoms with Gasteiger partial charge in [0.2, 0.25) is 5.91 Å². The molecular weight excluding hydrogens is 384 g/mol. The molecule has 156 valence electrons. The van der Waals surface area contributed by atoms with E-state index >= 15 is 0 Å². The molecule has 0 aliphatic heterocycles. The number of rotatable bonds is 7. The van der Waals surface area contributed by atoms with Crippen molar-refractivity contribution < 1.29 is 24.2 Å². The average Bonchev–Trinajstić information content (AvgIpc) is 3.46. The maximum Gasteiger partial charge on any atom is 0.408 e. The third kappa shape index (κ3) is 3.63. The summed E-state index contributed by atoms with van der Waals surface area (Å²) in [6.07, 6.45) is 0.508. The number of carboxylic acid groups (broad SMARTS) is 1. The lowest BCUT2D eigenvalue weighted by atomic mass is 9.98. The Balaban J connectivity index is 1.40. The molecule has 0 aromatic heterocycles. The van der Waals surface area contributed by atoms with Gasteiger partial charge in [-0.3, -0.25) is 4.79 Å². The largest absolute Gasteiger partial charge is 0.480 e. The number of carboxylic acids is 1. The van der Waals surface area contributed by atoms with Crippen molar-refractivity contribution in [2.75, 3.05) is 6.61 Å². The van der Waals surface area contributed by atoms with Gasteiger partial charge < -0.3 is 20.5 Å². The molecule has 2 aromatic carbocycles. The van der Waals surface area contributed by atoms with Crippen molar-refractivity contribution in [1.29, 1.82) is 0 Å². The molecule has 2 amide bonds. The Bertz CT molecular complexity index is 953. The number of carbonyl (C=O) groups excluding carboxylic acids is 2. The minimum absolute atomic E-state index is 0.0661. The molecule has 4 rings (SSSR count). The first kappa shape index (κ1) is 19.9. The van der Waals surface area contributed by atoms with Gasteiger partial charge in [-0.05, 0) is 41.5 Å². The van der Waals surface area contributed by atoms with Crippen LogP contribution in [-0.2, 0) is 14.3 Å². The quantitative estimate of drug-likeness (QED) is 0.653. The van der Waals surface area contributed by atoms with E-state index in [0.717, 1.165) is 22.3 Å². The normalized spacial score (nSPS) is 16.7. The molecule has 1 fully saturated rings. The molecule has 2 aliphatic carbocycles. The van der Waals surface area contributed by atoms with Crippen LogP contribution in [0.3, 0.4) is 0 Å². The van der Waals surface area contributed by atoms with Crippen LogP contribution >= 0.6 is 0 Å². The van der Waals surface area contributed by atoms with E-state index in [4.69, 9.17) is 9.84 Å². The van der Waals surface area contributed by atoms with Crippen molar-refractivity contribution in [3.63, 3.8) is 0 Å². The lowest BCUT2D eigenvalue weighted by Crippen LogP contribution is -2.53. The van der Waals surface area contributed by atoms with Crippen molar-refractivity contribution in [1.82, 2.24) is 10.6 Å². The van der Waals surface area contributed by atoms with Crippen molar-refractivity contribution in [2.45, 2.75) is 43.7 Å². The maximum absolute atomic E-state index is 12.5. The fourth-order valence-corrected chi connectivity index (χ4v) is 4.00. The first-order valence-corrected chi connectivity index (χ1v) is 10.1. The highest BCUT2D eigenvalue weighted by atomic mass is 16.5. The smallest absolute Gasteiger partial charge is 0.408 e. The van der Waals surface area contributed by atoms with Crippen LogP contribution in [-0.4, -0.2) is 41.3 Å². The Labute approximate surface area is 174 Å². The minimum Gasteiger partial charge on any atom is -0.480 e. The molecule has 1 saturated carbocycles. The number of amides is 2. The lowest BCUT2D eigenvalue weighted by molar-refractivity contribution is -0.142. The highest BCUT2D eigenvalue weighted by Gasteiger charge is 2.52. The monoisotopic (exact) mass is 408 g/mol. The molecule has 2 aromatic rings. The third-order valence-corrected chi connectivity index (χ3v) is 5.88. The van der Waals surface area contributed by atoms with Crippen molar-refractivity contribution in [3.8, 4) is 11.1 Å². The van der Waals surface area contributed by atoms with Crippen molar-refractivity contribution >= 4 is 18.0 Å². The predicted octanol–water partition coefficient (Wildman–Crippen LogP) is 3.04. The molecule has 30 heavy (non-hydrogen) atoms. The Kier molecular flexibility index (Phi) is 5.20. The van der Waals surface area contributed by atoms with E-state index < -0.39 is 29.6 Å². The van der Waals surface area contributed by atoms with E-state index in [1.807, 2.05) is 36.4 Å². The fraction of sp³-hybridized carbons (Fsp3) is 0.348. The van der Waals surface area contributed by atoms with Crippen molar-refractivity contribution in [3.05, 3.63) is 59.7 Å². The van der Waals surface area contributed by atoms with Crippen LogP contribution in [0.1, 0.15) is 43.2 Å². The number of carbonyl (C=O) groups is 3. The summed E-state index contributed by atoms with van der Waals surface area (Å²) in [4.78, 5) is 36.1. The molecule has 0 saturated heterocycles. The van der Waals surface area contributed by atoms with E-state index in [1.165, 1.54) is 0 Å². The van der Waals surface area contributed by atoms with Gasteiger partial charge in [0.1, 0.15) is 18.2 Å². The molecule has 0 spiro atoms. The second kappa shape index (κ2) is 7.82. The van der Waals surface area contributed by atoms with Gasteiger partial charge in [0, 0.05) is 5.92 Å². The van der Waals surface area contributed by atoms with Crippen LogP contribution in [0.4, 0.5) is 4.79 Å². The molecule has 0 radical (unpaired) electrons. The number of hydrogen-bond donors (Lipinski definition) is 3. The molecule has 1 atom stereocenters. The first-order chi connectivity index (χ1) is 14.4. The van der Waals surface area contributed by atoms with Crippen molar-refractivity contribution in [2.24, 2.45) is 0 Å². The number of benzene rings is 2. The molecule has 3 N–H and O–H groups in total. The second-order valence-electron chi connectivity index (χ2n) is 7.81. The van der Waals surface area contributed by atoms with Crippen LogP contribution in [0.5, 0.6) is 0 Å². The van der Waals surface area contributed by atoms with Gasteiger partial charge in [-0.2, -0.15) is 0 Å². The van der Waals surface area contributed by atoms with Gasteiger partial charge in [0.05, 0.1) is 0 Å². The topological polar surface area (TPSA) is 105 Å². The van der Waals surface area contributed by atoms with Gasteiger partial charge in [-0.25, -0.2) is 9.59 Å². The number of ether oxygens (including phenoxy) is 1. The number of fused-ring (bicyclic) bond motifs is 3. The Morgan fingerprint density at radius 3 is 2.13 bits per heavy atom. The molecule has 0 bridgehead atoms. The molecule has 7 nitrogen and oxygen atoms in total. The zero-order chi connectivity index (χ0) is 21.3. The van der Waals surface area contributed by atoms with E-state index in [1.54, 1.807) is 6.92 Å². The number of nitrogens with one attached hydrogen (secondary N) is 2. The zero-order valence-corrected chi connectivity index (χ0v) is 16.7. The molecular formula is C23H24N2O5. The van der Waals surface area contributed by atoms with Crippen LogP contribution in [0.15, 0.2) is 48.5 Å². The van der Waals surface area contributed by atoms with Gasteiger partial charge in [0.25, 0.3) is 0 Å². The number of aliphatic carboxylic acids is 1. The maximum atomic E-state index is 12.5. The van der Waals surface area contributed by atoms with E-state index in [2.05, 4.69) is 22.8 Å². The van der Waals surface area contributed by atoms with Crippen LogP contribution < -0.4 is 10.6 Å². The van der Waals surface area contributed by atoms with Gasteiger partial charge in [-0.15, -0.1) is 0 Å². The number of alkyl carbamates (subject to hydrolysis) is 1. The van der Waals surface area contributed by atoms with Crippen LogP contribution in [0.2, 0.25) is 0 Å². The minimum atomic E-state index is -1.09. The summed E-state index contributed by atoms with van der Waals surface area (Å²) in [5.74, 6) is -1.64. The summed E-state index contributed by atoms with van der Waals surface area (Å²) in [5.41, 5.74) is 3.42. The van der Waals surface area contributed by atoms with Gasteiger partial charge in [0.15, 0.2) is 0 Å². The highest BCUT2D eigenvalue weighted by Crippen LogP contribution is 2.44. The summed E-state index contributed by atoms with van der Waals surface area (Å²) in [7, 11) is 0. The molecule has 2 aliphatic rings. The SMILES string of the molecule is CCC(NC(=O)C1(NC(=O)OCC2c3ccccc3-c3ccccc32)CC1)C(=O)O. The average molecular weight is 408 g/mol. The summed E-state index contributed by atoms with van der Waals surface area (Å²) in [6, 6.07) is 15.1. The summed E-state index contributed by atoms with van der Waals surface area (Å²) >= 11 is 0. The predicted molar refractivity (Wildman–Crippen MR) is 110 cm³/mol. The summed E-state index contributed by atoms with van der Waals surface area (Å²) < 4.78 is 5.50. The molecule has 1 unspecified atom stereocenters. The third-order valence-electron chi connectivity index (χ3n) is 5.88. The molecule has 0 heterocycles. The fourth-order valence-electron chi connectivity index (χ4n) is 4.00. The Hall–Kier alpha value is -3.35. The molecule has 7 heteroatoms. The van der Waals surface area contributed by atoms with E-state index in [-0.39, 0.29) is 18.9 Å². The second-order valence-corrected chi connectivity index (χ2v) is 7.81. The van der Waals surface area contributed by atoms with E-state index in [9.17, 15) is 14.4 Å². The summed E-state index contributed by atoms with van der Waals surface area (Å²) in [5, 5.41) is 14.3. The zero-order valence-electron chi connectivity index (χ0n) is 16.7. The Morgan fingerprint density at radius 1 is 1.07 bits per heavy atom. The van der Waals surface area contributed by atoms with E-state index in [0.29, 0.717) is 12.8 Å². The van der Waals surface area contributed by atoms with Crippen LogP contribution in [0.25, 0.3) is 11.1 Å². The number of hydrogen-bond acceptors (Lipinski definition) is 4. The van der Waals surface area contributed by atoms with Crippen LogP contribution in [0, 0.1) is 0 Å². The summed E-state index contributed by atoms with van der Waals surface area (Å²) in [6.45, 7) is 1.84. The lowest BCUT2D eigenvalue weighted by Gasteiger charge is -2.21. The standard InChI is InChI=1S/C23H24N2O5/c1-2-19(20(26)27)24-21(28)23(11-12-23)25-22(29)30-13-18-16-9-5-3-7-14(16)15-8-4-6-10-17(15)18/h3-10,18-19H,2,11-13H2,1H3,(H,24,28)(H,25,29)(H,26,27). The van der Waals surface area contributed by atoms with Gasteiger partial charge >= 0.3 is 12.1 Å². The first-order valence-electron chi connectivity index (χ1n) is 10.1.